The van der Waals surface area contributed by atoms with Crippen LogP contribution in [0.15, 0.2) is 83.8 Å². The fourth-order valence-electron chi connectivity index (χ4n) is 3.42. The van der Waals surface area contributed by atoms with Crippen molar-refractivity contribution < 1.29 is 13.2 Å². The normalized spacial score (nSPS) is 11.7. The highest BCUT2D eigenvalue weighted by Gasteiger charge is 2.30. The average Bonchev–Trinajstić information content (AvgIpc) is 2.73. The summed E-state index contributed by atoms with van der Waals surface area (Å²) >= 11 is 0. The van der Waals surface area contributed by atoms with E-state index in [1.54, 1.807) is 10.8 Å². The molecule has 0 spiro atoms. The molecule has 2 heterocycles. The summed E-state index contributed by atoms with van der Waals surface area (Å²) in [6, 6.07) is 19.4. The molecule has 0 aliphatic heterocycles. The molecule has 0 radical (unpaired) electrons. The van der Waals surface area contributed by atoms with E-state index in [9.17, 15) is 18.0 Å². The predicted octanol–water partition coefficient (Wildman–Crippen LogP) is 5.33. The first-order valence-electron chi connectivity index (χ1n) is 9.13. The molecule has 0 atom stereocenters. The van der Waals surface area contributed by atoms with Crippen molar-refractivity contribution in [3.63, 3.8) is 0 Å². The van der Waals surface area contributed by atoms with Gasteiger partial charge in [-0.05, 0) is 41.5 Å². The maximum Gasteiger partial charge on any atom is 0.416 e. The van der Waals surface area contributed by atoms with Crippen LogP contribution in [0.3, 0.4) is 0 Å². The molecule has 0 aliphatic carbocycles. The van der Waals surface area contributed by atoms with Gasteiger partial charge in [0.05, 0.1) is 11.1 Å². The molecule has 0 saturated carbocycles. The summed E-state index contributed by atoms with van der Waals surface area (Å²) in [5.74, 6) is 0. The summed E-state index contributed by atoms with van der Waals surface area (Å²) < 4.78 is 40.3. The van der Waals surface area contributed by atoms with Crippen LogP contribution in [0.2, 0.25) is 0 Å². The topological polar surface area (TPSA) is 34.9 Å². The van der Waals surface area contributed by atoms with Gasteiger partial charge in [-0.3, -0.25) is 9.78 Å². The summed E-state index contributed by atoms with van der Waals surface area (Å²) in [4.78, 5) is 17.1. The number of fused-ring (bicyclic) bond motifs is 1. The lowest BCUT2D eigenvalue weighted by Gasteiger charge is -2.14. The van der Waals surface area contributed by atoms with Crippen LogP contribution in [0.25, 0.3) is 22.0 Å². The van der Waals surface area contributed by atoms with Gasteiger partial charge in [-0.25, -0.2) is 0 Å². The van der Waals surface area contributed by atoms with Gasteiger partial charge < -0.3 is 4.57 Å². The maximum atomic E-state index is 12.9. The molecule has 0 fully saturated rings. The number of pyridine rings is 2. The van der Waals surface area contributed by atoms with E-state index in [2.05, 4.69) is 4.98 Å². The predicted molar refractivity (Wildman–Crippen MR) is 107 cm³/mol. The maximum absolute atomic E-state index is 12.9. The Hall–Kier alpha value is -3.41. The van der Waals surface area contributed by atoms with E-state index in [-0.39, 0.29) is 5.56 Å². The van der Waals surface area contributed by atoms with Gasteiger partial charge in [0.2, 0.25) is 0 Å². The van der Waals surface area contributed by atoms with E-state index in [0.717, 1.165) is 28.7 Å². The van der Waals surface area contributed by atoms with Crippen molar-refractivity contribution in [2.24, 2.45) is 0 Å². The molecule has 0 amide bonds. The molecule has 4 aromatic rings. The zero-order valence-corrected chi connectivity index (χ0v) is 15.4. The minimum absolute atomic E-state index is 0.200. The molecule has 146 valence electrons. The summed E-state index contributed by atoms with van der Waals surface area (Å²) in [5, 5.41) is 0.813. The van der Waals surface area contributed by atoms with Crippen LogP contribution in [0.5, 0.6) is 0 Å². The lowest BCUT2D eigenvalue weighted by molar-refractivity contribution is -0.137. The fourth-order valence-corrected chi connectivity index (χ4v) is 3.42. The fraction of sp³-hybridized carbons (Fsp3) is 0.130. The number of rotatable bonds is 4. The minimum Gasteiger partial charge on any atom is -0.308 e. The van der Waals surface area contributed by atoms with Crippen LogP contribution in [0.4, 0.5) is 13.2 Å². The molecule has 29 heavy (non-hydrogen) atoms. The van der Waals surface area contributed by atoms with Crippen molar-refractivity contribution >= 4 is 10.9 Å². The Kier molecular flexibility index (Phi) is 4.92. The van der Waals surface area contributed by atoms with Gasteiger partial charge in [-0.1, -0.05) is 36.4 Å². The highest BCUT2D eigenvalue weighted by molar-refractivity contribution is 5.94. The number of hydrogen-bond acceptors (Lipinski definition) is 2. The van der Waals surface area contributed by atoms with E-state index < -0.39 is 11.7 Å². The number of halogens is 3. The summed E-state index contributed by atoms with van der Waals surface area (Å²) in [5.41, 5.74) is 1.90. The Morgan fingerprint density at radius 2 is 1.62 bits per heavy atom. The standard InChI is InChI=1S/C23H17F3N2O/c24-23(25,26)17-10-8-16(9-11-17)20-15-22(29)28(21-7-2-1-6-19(20)21)14-12-18-5-3-4-13-27-18/h1-11,13,15H,12,14H2. The number of nitrogens with zero attached hydrogens (tertiary/aromatic N) is 2. The molecule has 6 heteroatoms. The molecule has 2 aromatic heterocycles. The Balaban J connectivity index is 1.76. The van der Waals surface area contributed by atoms with Crippen molar-refractivity contribution in [3.05, 3.63) is 101 Å². The average molecular weight is 394 g/mol. The third-order valence-corrected chi connectivity index (χ3v) is 4.86. The number of benzene rings is 2. The number of aromatic nitrogens is 2. The smallest absolute Gasteiger partial charge is 0.308 e. The van der Waals surface area contributed by atoms with E-state index in [1.807, 2.05) is 42.5 Å². The second kappa shape index (κ2) is 7.54. The quantitative estimate of drug-likeness (QED) is 0.469. The number of hydrogen-bond donors (Lipinski definition) is 0. The molecule has 0 aliphatic rings. The summed E-state index contributed by atoms with van der Waals surface area (Å²) in [7, 11) is 0. The summed E-state index contributed by atoms with van der Waals surface area (Å²) in [6.45, 7) is 0.462. The van der Waals surface area contributed by atoms with Gasteiger partial charge in [0.25, 0.3) is 5.56 Å². The van der Waals surface area contributed by atoms with Gasteiger partial charge in [-0.2, -0.15) is 13.2 Å². The Labute approximate surface area is 165 Å². The van der Waals surface area contributed by atoms with Crippen LogP contribution in [-0.4, -0.2) is 9.55 Å². The van der Waals surface area contributed by atoms with Crippen molar-refractivity contribution in [1.82, 2.24) is 9.55 Å². The lowest BCUT2D eigenvalue weighted by Crippen LogP contribution is -2.21. The van der Waals surface area contributed by atoms with Crippen LogP contribution in [-0.2, 0) is 19.1 Å². The highest BCUT2D eigenvalue weighted by Crippen LogP contribution is 2.32. The second-order valence-electron chi connectivity index (χ2n) is 6.71. The van der Waals surface area contributed by atoms with Crippen molar-refractivity contribution in [2.75, 3.05) is 0 Å². The van der Waals surface area contributed by atoms with Gasteiger partial charge in [0, 0.05) is 36.3 Å². The van der Waals surface area contributed by atoms with Crippen LogP contribution < -0.4 is 5.56 Å². The largest absolute Gasteiger partial charge is 0.416 e. The van der Waals surface area contributed by atoms with Crippen molar-refractivity contribution in [2.45, 2.75) is 19.1 Å². The third-order valence-electron chi connectivity index (χ3n) is 4.86. The molecule has 0 saturated heterocycles. The number of aryl methyl sites for hydroxylation is 2. The van der Waals surface area contributed by atoms with E-state index in [1.165, 1.54) is 18.2 Å². The molecular formula is C23H17F3N2O. The zero-order chi connectivity index (χ0) is 20.4. The Morgan fingerprint density at radius 3 is 2.31 bits per heavy atom. The van der Waals surface area contributed by atoms with Crippen molar-refractivity contribution in [3.8, 4) is 11.1 Å². The van der Waals surface area contributed by atoms with E-state index in [0.29, 0.717) is 24.1 Å². The number of alkyl halides is 3. The highest BCUT2D eigenvalue weighted by atomic mass is 19.4. The lowest BCUT2D eigenvalue weighted by atomic mass is 9.99. The zero-order valence-electron chi connectivity index (χ0n) is 15.4. The van der Waals surface area contributed by atoms with Gasteiger partial charge in [0.1, 0.15) is 0 Å². The van der Waals surface area contributed by atoms with Crippen LogP contribution in [0, 0.1) is 0 Å². The molecule has 0 bridgehead atoms. The van der Waals surface area contributed by atoms with Gasteiger partial charge in [-0.15, -0.1) is 0 Å². The Bertz CT molecular complexity index is 1200. The van der Waals surface area contributed by atoms with Crippen molar-refractivity contribution in [1.29, 1.82) is 0 Å². The number of para-hydroxylation sites is 1. The first-order chi connectivity index (χ1) is 13.9. The van der Waals surface area contributed by atoms with Gasteiger partial charge in [0.15, 0.2) is 0 Å². The minimum atomic E-state index is -4.39. The summed E-state index contributed by atoms with van der Waals surface area (Å²) in [6.07, 6.45) is -2.08. The molecule has 0 N–H and O–H groups in total. The SMILES string of the molecule is O=c1cc(-c2ccc(C(F)(F)F)cc2)c2ccccc2n1CCc1ccccn1. The third kappa shape index (κ3) is 3.92. The first-order valence-corrected chi connectivity index (χ1v) is 9.13. The van der Waals surface area contributed by atoms with Crippen LogP contribution in [0.1, 0.15) is 11.3 Å². The molecule has 4 rings (SSSR count). The Morgan fingerprint density at radius 1 is 0.897 bits per heavy atom. The molecule has 3 nitrogen and oxygen atoms in total. The monoisotopic (exact) mass is 394 g/mol. The molecule has 0 unspecified atom stereocenters. The van der Waals surface area contributed by atoms with Crippen LogP contribution >= 0.6 is 0 Å². The molecule has 2 aromatic carbocycles. The second-order valence-corrected chi connectivity index (χ2v) is 6.71. The van der Waals surface area contributed by atoms with E-state index in [4.69, 9.17) is 0 Å². The van der Waals surface area contributed by atoms with Gasteiger partial charge >= 0.3 is 6.18 Å². The first kappa shape index (κ1) is 18.9. The molecular weight excluding hydrogens is 377 g/mol. The van der Waals surface area contributed by atoms with E-state index >= 15 is 0 Å².